The molecule has 0 radical (unpaired) electrons. The molecule has 0 bridgehead atoms. The van der Waals surface area contributed by atoms with Crippen LogP contribution in [0, 0.1) is 18.3 Å². The second-order valence-corrected chi connectivity index (χ2v) is 8.56. The highest BCUT2D eigenvalue weighted by atomic mass is 32.1. The number of hydrogen-bond donors (Lipinski definition) is 1. The Morgan fingerprint density at radius 2 is 2.14 bits per heavy atom. The van der Waals surface area contributed by atoms with Gasteiger partial charge in [0.05, 0.1) is 6.04 Å². The third-order valence-electron chi connectivity index (χ3n) is 4.99. The Kier molecular flexibility index (Phi) is 3.87. The minimum Gasteiger partial charge on any atom is -0.320 e. The van der Waals surface area contributed by atoms with Crippen molar-refractivity contribution in [3.8, 4) is 0 Å². The molecule has 1 aliphatic heterocycles. The van der Waals surface area contributed by atoms with Crippen LogP contribution in [0.2, 0.25) is 0 Å². The number of nitrogens with one attached hydrogen (secondary N) is 1. The monoisotopic (exact) mass is 306 g/mol. The second kappa shape index (κ2) is 5.40. The van der Waals surface area contributed by atoms with E-state index in [2.05, 4.69) is 50.0 Å². The maximum atomic E-state index is 12.7. The molecule has 0 aromatic carbocycles. The van der Waals surface area contributed by atoms with Crippen LogP contribution in [-0.4, -0.2) is 23.4 Å². The standard InChI is InChI=1S/C17H26N2OS/c1-5-6-13-16(20)19(10-12-9-17(12,3)4)15(18-13)14-8-7-11(2)21-14/h7-8,12-13,15,18H,5-6,9-10H2,1-4H3. The van der Waals surface area contributed by atoms with E-state index in [1.165, 1.54) is 16.2 Å². The number of carbonyl (C=O) groups is 1. The zero-order valence-electron chi connectivity index (χ0n) is 13.5. The highest BCUT2D eigenvalue weighted by Crippen LogP contribution is 2.52. The second-order valence-electron chi connectivity index (χ2n) is 7.24. The quantitative estimate of drug-likeness (QED) is 0.899. The predicted octanol–water partition coefficient (Wildman–Crippen LogP) is 3.70. The summed E-state index contributed by atoms with van der Waals surface area (Å²) in [6.07, 6.45) is 3.31. The van der Waals surface area contributed by atoms with Crippen molar-refractivity contribution in [3.05, 3.63) is 21.9 Å². The molecule has 2 aliphatic rings. The average Bonchev–Trinajstić information content (AvgIpc) is 2.75. The third-order valence-corrected chi connectivity index (χ3v) is 6.05. The van der Waals surface area contributed by atoms with Gasteiger partial charge in [0.15, 0.2) is 0 Å². The van der Waals surface area contributed by atoms with E-state index < -0.39 is 0 Å². The normalized spacial score (nSPS) is 31.0. The average molecular weight is 306 g/mol. The lowest BCUT2D eigenvalue weighted by Crippen LogP contribution is -2.33. The lowest BCUT2D eigenvalue weighted by atomic mass is 10.1. The minimum atomic E-state index is 0.00395. The van der Waals surface area contributed by atoms with E-state index in [9.17, 15) is 4.79 Å². The third kappa shape index (κ3) is 2.88. The van der Waals surface area contributed by atoms with Crippen LogP contribution in [0.3, 0.4) is 0 Å². The molecule has 1 amide bonds. The number of rotatable bonds is 5. The van der Waals surface area contributed by atoms with Gasteiger partial charge in [0.2, 0.25) is 5.91 Å². The molecule has 21 heavy (non-hydrogen) atoms. The molecule has 1 saturated carbocycles. The molecule has 1 aromatic heterocycles. The number of hydrogen-bond acceptors (Lipinski definition) is 3. The maximum Gasteiger partial charge on any atom is 0.241 e. The van der Waals surface area contributed by atoms with Crippen LogP contribution in [0.25, 0.3) is 0 Å². The first kappa shape index (κ1) is 15.0. The van der Waals surface area contributed by atoms with Gasteiger partial charge in [-0.25, -0.2) is 0 Å². The summed E-state index contributed by atoms with van der Waals surface area (Å²) in [5.41, 5.74) is 0.416. The van der Waals surface area contributed by atoms with E-state index in [-0.39, 0.29) is 12.2 Å². The Hall–Kier alpha value is -0.870. The summed E-state index contributed by atoms with van der Waals surface area (Å²) in [6.45, 7) is 9.79. The Balaban J connectivity index is 1.79. The molecule has 2 heterocycles. The molecule has 4 heteroatoms. The Morgan fingerprint density at radius 3 is 2.67 bits per heavy atom. The molecular formula is C17H26N2OS. The number of nitrogens with zero attached hydrogens (tertiary/aromatic N) is 1. The molecule has 0 spiro atoms. The van der Waals surface area contributed by atoms with Crippen molar-refractivity contribution in [2.75, 3.05) is 6.54 Å². The van der Waals surface area contributed by atoms with Crippen molar-refractivity contribution in [2.45, 2.75) is 59.2 Å². The van der Waals surface area contributed by atoms with Gasteiger partial charge in [0, 0.05) is 16.3 Å². The van der Waals surface area contributed by atoms with Crippen molar-refractivity contribution in [1.82, 2.24) is 10.2 Å². The molecule has 1 saturated heterocycles. The van der Waals surface area contributed by atoms with Crippen molar-refractivity contribution in [3.63, 3.8) is 0 Å². The molecular weight excluding hydrogens is 280 g/mol. The van der Waals surface area contributed by atoms with Crippen LogP contribution in [0.4, 0.5) is 0 Å². The first-order valence-corrected chi connectivity index (χ1v) is 8.87. The molecule has 1 aliphatic carbocycles. The van der Waals surface area contributed by atoms with Crippen LogP contribution >= 0.6 is 11.3 Å². The van der Waals surface area contributed by atoms with Crippen LogP contribution in [-0.2, 0) is 4.79 Å². The highest BCUT2D eigenvalue weighted by molar-refractivity contribution is 7.12. The summed E-state index contributed by atoms with van der Waals surface area (Å²) in [6, 6.07) is 4.33. The van der Waals surface area contributed by atoms with Gasteiger partial charge in [-0.05, 0) is 43.2 Å². The van der Waals surface area contributed by atoms with Crippen LogP contribution in [0.1, 0.15) is 56.0 Å². The molecule has 1 N–H and O–H groups in total. The molecule has 2 fully saturated rings. The van der Waals surface area contributed by atoms with Crippen LogP contribution < -0.4 is 5.32 Å². The zero-order valence-corrected chi connectivity index (χ0v) is 14.3. The van der Waals surface area contributed by atoms with E-state index in [0.717, 1.165) is 19.4 Å². The van der Waals surface area contributed by atoms with E-state index in [1.807, 2.05) is 0 Å². The fourth-order valence-electron chi connectivity index (χ4n) is 3.33. The zero-order chi connectivity index (χ0) is 15.2. The van der Waals surface area contributed by atoms with Gasteiger partial charge in [-0.1, -0.05) is 27.2 Å². The maximum absolute atomic E-state index is 12.7. The predicted molar refractivity (Wildman–Crippen MR) is 87.2 cm³/mol. The van der Waals surface area contributed by atoms with Crippen molar-refractivity contribution in [2.24, 2.45) is 11.3 Å². The van der Waals surface area contributed by atoms with Crippen LogP contribution in [0.5, 0.6) is 0 Å². The summed E-state index contributed by atoms with van der Waals surface area (Å²) < 4.78 is 0. The van der Waals surface area contributed by atoms with Crippen molar-refractivity contribution >= 4 is 17.2 Å². The Morgan fingerprint density at radius 1 is 1.43 bits per heavy atom. The van der Waals surface area contributed by atoms with Gasteiger partial charge in [0.1, 0.15) is 6.17 Å². The first-order valence-electron chi connectivity index (χ1n) is 8.05. The molecule has 3 atom stereocenters. The lowest BCUT2D eigenvalue weighted by molar-refractivity contribution is -0.130. The van der Waals surface area contributed by atoms with Crippen molar-refractivity contribution < 1.29 is 4.79 Å². The summed E-state index contributed by atoms with van der Waals surface area (Å²) in [4.78, 5) is 17.4. The van der Waals surface area contributed by atoms with Crippen LogP contribution in [0.15, 0.2) is 12.1 Å². The minimum absolute atomic E-state index is 0.00395. The summed E-state index contributed by atoms with van der Waals surface area (Å²) in [7, 11) is 0. The van der Waals surface area contributed by atoms with Gasteiger partial charge in [-0.3, -0.25) is 10.1 Å². The molecule has 3 rings (SSSR count). The summed E-state index contributed by atoms with van der Waals surface area (Å²) in [5.74, 6) is 0.961. The van der Waals surface area contributed by atoms with Gasteiger partial charge >= 0.3 is 0 Å². The van der Waals surface area contributed by atoms with E-state index in [4.69, 9.17) is 0 Å². The van der Waals surface area contributed by atoms with Gasteiger partial charge in [-0.15, -0.1) is 11.3 Å². The topological polar surface area (TPSA) is 32.3 Å². The smallest absolute Gasteiger partial charge is 0.241 e. The number of amides is 1. The van der Waals surface area contributed by atoms with Gasteiger partial charge in [0.25, 0.3) is 0 Å². The lowest BCUT2D eigenvalue weighted by Gasteiger charge is -2.24. The summed E-state index contributed by atoms with van der Waals surface area (Å²) in [5, 5.41) is 3.57. The highest BCUT2D eigenvalue weighted by Gasteiger charge is 2.50. The van der Waals surface area contributed by atoms with E-state index in [1.54, 1.807) is 11.3 Å². The molecule has 3 nitrogen and oxygen atoms in total. The van der Waals surface area contributed by atoms with Gasteiger partial charge < -0.3 is 4.90 Å². The fourth-order valence-corrected chi connectivity index (χ4v) is 4.28. The largest absolute Gasteiger partial charge is 0.320 e. The van der Waals surface area contributed by atoms with Crippen molar-refractivity contribution in [1.29, 1.82) is 0 Å². The molecule has 3 unspecified atom stereocenters. The first-order chi connectivity index (χ1) is 9.92. The SMILES string of the molecule is CCCC1NC(c2ccc(C)s2)N(CC2CC2(C)C)C1=O. The molecule has 1 aromatic rings. The molecule has 116 valence electrons. The fraction of sp³-hybridized carbons (Fsp3) is 0.706. The Labute approximate surface area is 131 Å². The summed E-state index contributed by atoms with van der Waals surface area (Å²) >= 11 is 1.80. The van der Waals surface area contributed by atoms with Gasteiger partial charge in [-0.2, -0.15) is 0 Å². The number of aryl methyl sites for hydroxylation is 1. The van der Waals surface area contributed by atoms with E-state index in [0.29, 0.717) is 17.2 Å². The van der Waals surface area contributed by atoms with E-state index >= 15 is 0 Å². The number of thiophene rings is 1. The Bertz CT molecular complexity index is 537. The number of carbonyl (C=O) groups excluding carboxylic acids is 1.